The monoisotopic (exact) mass is 446 g/mol. The Morgan fingerprint density at radius 1 is 1.00 bits per heavy atom. The van der Waals surface area contributed by atoms with Gasteiger partial charge in [0.1, 0.15) is 19.3 Å². The Hall–Kier alpha value is -2.49. The van der Waals surface area contributed by atoms with Crippen LogP contribution in [0.4, 0.5) is 0 Å². The molecule has 0 aromatic carbocycles. The van der Waals surface area contributed by atoms with Crippen LogP contribution in [0.5, 0.6) is 0 Å². The predicted octanol–water partition coefficient (Wildman–Crippen LogP) is 2.12. The topological polar surface area (TPSA) is 132 Å². The van der Waals surface area contributed by atoms with Gasteiger partial charge in [0.05, 0.1) is 19.8 Å². The number of esters is 3. The van der Waals surface area contributed by atoms with Crippen molar-refractivity contribution in [2.75, 3.05) is 39.6 Å². The van der Waals surface area contributed by atoms with Gasteiger partial charge in [0.2, 0.25) is 0 Å². The summed E-state index contributed by atoms with van der Waals surface area (Å²) in [6.45, 7) is 18.7. The molecule has 1 aliphatic heterocycles. The van der Waals surface area contributed by atoms with E-state index in [0.29, 0.717) is 31.0 Å². The quantitative estimate of drug-likeness (QED) is 0.170. The molecule has 0 aromatic heterocycles. The lowest BCUT2D eigenvalue weighted by molar-refractivity contribution is -0.140. The predicted molar refractivity (Wildman–Crippen MR) is 117 cm³/mol. The lowest BCUT2D eigenvalue weighted by Crippen LogP contribution is -2.09. The molecule has 1 heterocycles. The summed E-state index contributed by atoms with van der Waals surface area (Å²) in [4.78, 5) is 31.5. The van der Waals surface area contributed by atoms with Crippen molar-refractivity contribution >= 4 is 17.9 Å². The molecule has 2 N–H and O–H groups in total. The summed E-state index contributed by atoms with van der Waals surface area (Å²) in [6, 6.07) is 0. The Kier molecular flexibility index (Phi) is 25.4. The first-order valence-electron chi connectivity index (χ1n) is 9.88. The van der Waals surface area contributed by atoms with Crippen LogP contribution in [0.25, 0.3) is 0 Å². The van der Waals surface area contributed by atoms with Crippen LogP contribution in [0.15, 0.2) is 37.0 Å². The number of rotatable bonds is 10. The first kappa shape index (κ1) is 33.2. The van der Waals surface area contributed by atoms with Crippen LogP contribution >= 0.6 is 0 Å². The van der Waals surface area contributed by atoms with E-state index in [9.17, 15) is 14.4 Å². The Balaban J connectivity index is -0.000000357. The van der Waals surface area contributed by atoms with Crippen LogP contribution in [0.3, 0.4) is 0 Å². The zero-order valence-corrected chi connectivity index (χ0v) is 19.2. The van der Waals surface area contributed by atoms with Gasteiger partial charge >= 0.3 is 17.9 Å². The highest BCUT2D eigenvalue weighted by atomic mass is 16.6. The first-order chi connectivity index (χ1) is 14.6. The lowest BCUT2D eigenvalue weighted by Gasteiger charge is -1.99. The molecule has 1 atom stereocenters. The molecule has 0 aromatic rings. The van der Waals surface area contributed by atoms with Gasteiger partial charge in [0.25, 0.3) is 0 Å². The number of ether oxygens (including phenoxy) is 4. The maximum absolute atomic E-state index is 10.7. The van der Waals surface area contributed by atoms with Gasteiger partial charge in [-0.05, 0) is 27.2 Å². The number of aliphatic hydroxyl groups is 2. The molecule has 1 saturated heterocycles. The van der Waals surface area contributed by atoms with E-state index in [2.05, 4.69) is 29.2 Å². The van der Waals surface area contributed by atoms with Crippen LogP contribution in [-0.2, 0) is 33.3 Å². The van der Waals surface area contributed by atoms with Crippen molar-refractivity contribution in [1.82, 2.24) is 0 Å². The van der Waals surface area contributed by atoms with Gasteiger partial charge in [-0.25, -0.2) is 14.4 Å². The first-order valence-corrected chi connectivity index (χ1v) is 9.88. The fraction of sp³-hybridized carbons (Fsp3) is 0.591. The molecule has 1 aliphatic rings. The third kappa shape index (κ3) is 29.8. The lowest BCUT2D eigenvalue weighted by atomic mass is 10.4. The van der Waals surface area contributed by atoms with Crippen molar-refractivity contribution in [2.45, 2.75) is 46.6 Å². The average molecular weight is 447 g/mol. The highest BCUT2D eigenvalue weighted by molar-refractivity contribution is 5.87. The van der Waals surface area contributed by atoms with Crippen LogP contribution in [0.1, 0.15) is 40.5 Å². The van der Waals surface area contributed by atoms with Gasteiger partial charge in [-0.3, -0.25) is 0 Å². The van der Waals surface area contributed by atoms with E-state index in [1.807, 2.05) is 6.92 Å². The summed E-state index contributed by atoms with van der Waals surface area (Å²) in [5, 5.41) is 15.8. The maximum Gasteiger partial charge on any atom is 0.333 e. The van der Waals surface area contributed by atoms with Gasteiger partial charge in [-0.15, -0.1) is 0 Å². The zero-order valence-electron chi connectivity index (χ0n) is 19.2. The molecule has 1 rings (SSSR count). The minimum absolute atomic E-state index is 0.0473. The number of aliphatic hydroxyl groups excluding tert-OH is 2. The van der Waals surface area contributed by atoms with Crippen LogP contribution in [-0.4, -0.2) is 73.9 Å². The Morgan fingerprint density at radius 3 is 1.84 bits per heavy atom. The summed E-state index contributed by atoms with van der Waals surface area (Å²) in [6.07, 6.45) is 3.29. The molecule has 9 heteroatoms. The van der Waals surface area contributed by atoms with E-state index in [1.165, 1.54) is 6.08 Å². The van der Waals surface area contributed by atoms with Crippen LogP contribution < -0.4 is 0 Å². The molecule has 9 nitrogen and oxygen atoms in total. The van der Waals surface area contributed by atoms with Gasteiger partial charge < -0.3 is 29.2 Å². The maximum atomic E-state index is 10.7. The molecule has 0 amide bonds. The largest absolute Gasteiger partial charge is 0.463 e. The van der Waals surface area contributed by atoms with Crippen molar-refractivity contribution in [3.63, 3.8) is 0 Å². The number of carbonyl (C=O) groups is 3. The molecule has 1 unspecified atom stereocenters. The van der Waals surface area contributed by atoms with Gasteiger partial charge in [0.15, 0.2) is 0 Å². The van der Waals surface area contributed by atoms with Crippen molar-refractivity contribution < 1.29 is 43.5 Å². The van der Waals surface area contributed by atoms with Crippen molar-refractivity contribution in [3.05, 3.63) is 37.0 Å². The zero-order chi connectivity index (χ0) is 24.7. The smallest absolute Gasteiger partial charge is 0.333 e. The molecule has 0 saturated carbocycles. The second-order valence-corrected chi connectivity index (χ2v) is 6.02. The number of epoxide rings is 1. The van der Waals surface area contributed by atoms with Crippen LogP contribution in [0.2, 0.25) is 0 Å². The minimum atomic E-state index is -0.455. The fourth-order valence-electron chi connectivity index (χ4n) is 1.09. The van der Waals surface area contributed by atoms with Crippen molar-refractivity contribution in [3.8, 4) is 0 Å². The third-order valence-electron chi connectivity index (χ3n) is 2.73. The molecular weight excluding hydrogens is 408 g/mol. The highest BCUT2D eigenvalue weighted by Gasteiger charge is 2.24. The summed E-state index contributed by atoms with van der Waals surface area (Å²) >= 11 is 0. The molecular formula is C22H38O9. The number of hydrogen-bond acceptors (Lipinski definition) is 9. The van der Waals surface area contributed by atoms with Crippen LogP contribution in [0, 0.1) is 0 Å². The molecule has 180 valence electrons. The number of unbranched alkanes of at least 4 members (excludes halogenated alkanes) is 1. The molecule has 31 heavy (non-hydrogen) atoms. The third-order valence-corrected chi connectivity index (χ3v) is 2.73. The normalized spacial score (nSPS) is 12.6. The van der Waals surface area contributed by atoms with Crippen molar-refractivity contribution in [2.24, 2.45) is 0 Å². The van der Waals surface area contributed by atoms with E-state index in [-0.39, 0.29) is 37.9 Å². The standard InChI is InChI=1S/C7H10O3.C7H12O2.C6H10O3.C2H6O/c1-5(2)7(8)10-4-6-3-9-6;1-3-5-6-9-7(8)4-2;1-5(2)6(8)9-4-3-7;1-2-3/h6H,1,3-4H2,2H3;4H,2-3,5-6H2,1H3;7H,1,3-4H2,2H3;3H,2H2,1H3. The summed E-state index contributed by atoms with van der Waals surface area (Å²) < 4.78 is 18.7. The van der Waals surface area contributed by atoms with E-state index < -0.39 is 5.97 Å². The Labute approximate surface area is 185 Å². The second kappa shape index (κ2) is 23.8. The number of hydrogen-bond donors (Lipinski definition) is 2. The van der Waals surface area contributed by atoms with E-state index >= 15 is 0 Å². The molecule has 0 aliphatic carbocycles. The second-order valence-electron chi connectivity index (χ2n) is 6.02. The SMILES string of the molecule is C=C(C)C(=O)OCC1CO1.C=C(C)C(=O)OCCO.C=CC(=O)OCCCC.CCO. The van der Waals surface area contributed by atoms with Gasteiger partial charge in [-0.2, -0.15) is 0 Å². The minimum Gasteiger partial charge on any atom is -0.463 e. The average Bonchev–Trinajstić information content (AvgIpc) is 3.56. The summed E-state index contributed by atoms with van der Waals surface area (Å²) in [5.41, 5.74) is 0.782. The van der Waals surface area contributed by atoms with Gasteiger partial charge in [0, 0.05) is 23.8 Å². The summed E-state index contributed by atoms with van der Waals surface area (Å²) in [7, 11) is 0. The van der Waals surface area contributed by atoms with E-state index in [0.717, 1.165) is 12.8 Å². The Morgan fingerprint density at radius 2 is 1.48 bits per heavy atom. The highest BCUT2D eigenvalue weighted by Crippen LogP contribution is 2.09. The number of carbonyl (C=O) groups excluding carboxylic acids is 3. The molecule has 0 spiro atoms. The van der Waals surface area contributed by atoms with Gasteiger partial charge in [-0.1, -0.05) is 33.1 Å². The molecule has 0 radical (unpaired) electrons. The molecule has 0 bridgehead atoms. The Bertz CT molecular complexity index is 535. The van der Waals surface area contributed by atoms with Crippen molar-refractivity contribution in [1.29, 1.82) is 0 Å². The fourth-order valence-corrected chi connectivity index (χ4v) is 1.09. The molecule has 1 fully saturated rings. The van der Waals surface area contributed by atoms with E-state index in [1.54, 1.807) is 20.8 Å². The van der Waals surface area contributed by atoms with E-state index in [4.69, 9.17) is 19.7 Å². The summed E-state index contributed by atoms with van der Waals surface area (Å²) in [5.74, 6) is -1.12.